The molecule has 0 aromatic heterocycles. The number of nitro groups is 1. The lowest BCUT2D eigenvalue weighted by molar-refractivity contribution is -0.384. The van der Waals surface area contributed by atoms with Crippen molar-refractivity contribution < 1.29 is 38.1 Å². The minimum absolute atomic E-state index is 0.00922. The molecule has 6 aromatic carbocycles. The molecule has 10 nitrogen and oxygen atoms in total. The van der Waals surface area contributed by atoms with Gasteiger partial charge in [0.1, 0.15) is 32.2 Å². The first-order valence-corrected chi connectivity index (χ1v) is 16.3. The van der Waals surface area contributed by atoms with E-state index in [1.165, 1.54) is 24.3 Å². The van der Waals surface area contributed by atoms with Crippen LogP contribution in [0.5, 0.6) is 28.7 Å². The second kappa shape index (κ2) is 13.3. The van der Waals surface area contributed by atoms with Crippen molar-refractivity contribution in [2.75, 3.05) is 13.2 Å². The fourth-order valence-electron chi connectivity index (χ4n) is 6.33. The molecule has 2 aliphatic rings. The van der Waals surface area contributed by atoms with Gasteiger partial charge in [0.25, 0.3) is 5.69 Å². The standard InChI is InChI=1S/C40H31NO9/c42-40(46-17-5-16-45-31-13-11-30(12-14-31)41(43)44)25-10-15-36-37(20-25)48-22-27-19-29-24-50-39-35-9-4-2-7-33(35)32-6-1-3-8-34(32)38(39)49-23-28(29)18-26(27)21-47-36/h1-4,6-15,18-20H,5,16-17,21-24H2. The maximum absolute atomic E-state index is 12.8. The van der Waals surface area contributed by atoms with Crippen molar-refractivity contribution in [3.63, 3.8) is 0 Å². The molecule has 0 aliphatic carbocycles. The molecule has 0 saturated heterocycles. The number of non-ortho nitro benzene ring substituents is 1. The van der Waals surface area contributed by atoms with Gasteiger partial charge in [0.05, 0.1) is 23.7 Å². The van der Waals surface area contributed by atoms with Crippen LogP contribution in [0.1, 0.15) is 39.0 Å². The molecule has 0 N–H and O–H groups in total. The van der Waals surface area contributed by atoms with Gasteiger partial charge in [-0.1, -0.05) is 48.5 Å². The number of carbonyl (C=O) groups is 1. The quantitative estimate of drug-likeness (QED) is 0.0543. The number of nitrogens with zero attached hydrogens (tertiary/aromatic N) is 1. The topological polar surface area (TPSA) is 116 Å². The Morgan fingerprint density at radius 2 is 1.16 bits per heavy atom. The van der Waals surface area contributed by atoms with E-state index in [2.05, 4.69) is 36.4 Å². The molecule has 0 bridgehead atoms. The highest BCUT2D eigenvalue weighted by atomic mass is 16.6. The Kier molecular flexibility index (Phi) is 8.26. The van der Waals surface area contributed by atoms with E-state index in [0.717, 1.165) is 55.3 Å². The summed E-state index contributed by atoms with van der Waals surface area (Å²) >= 11 is 0. The average Bonchev–Trinajstić information content (AvgIpc) is 3.13. The lowest BCUT2D eigenvalue weighted by Crippen LogP contribution is -2.15. The molecule has 50 heavy (non-hydrogen) atoms. The van der Waals surface area contributed by atoms with Gasteiger partial charge in [-0.3, -0.25) is 10.1 Å². The third-order valence-electron chi connectivity index (χ3n) is 8.89. The van der Waals surface area contributed by atoms with Crippen molar-refractivity contribution in [1.82, 2.24) is 0 Å². The second-order valence-corrected chi connectivity index (χ2v) is 12.0. The van der Waals surface area contributed by atoms with Gasteiger partial charge in [0, 0.05) is 29.3 Å². The van der Waals surface area contributed by atoms with Crippen LogP contribution in [0.25, 0.3) is 21.5 Å². The van der Waals surface area contributed by atoms with Crippen LogP contribution in [0.15, 0.2) is 103 Å². The highest BCUT2D eigenvalue weighted by molar-refractivity contribution is 6.13. The SMILES string of the molecule is O=C(OCCCOc1ccc([N+](=O)[O-])cc1)c1ccc2c(c1)OCc1cc3c(cc1CO2)COc1c(c2ccccc2c2ccccc12)OC3. The Morgan fingerprint density at radius 1 is 0.620 bits per heavy atom. The summed E-state index contributed by atoms with van der Waals surface area (Å²) in [5, 5.41) is 15.1. The van der Waals surface area contributed by atoms with Gasteiger partial charge in [-0.05, 0) is 75.5 Å². The summed E-state index contributed by atoms with van der Waals surface area (Å²) in [6.07, 6.45) is 0.446. The van der Waals surface area contributed by atoms with E-state index < -0.39 is 10.9 Å². The van der Waals surface area contributed by atoms with Crippen molar-refractivity contribution in [3.05, 3.63) is 141 Å². The van der Waals surface area contributed by atoms with E-state index in [0.29, 0.717) is 49.1 Å². The highest BCUT2D eigenvalue weighted by Crippen LogP contribution is 2.45. The van der Waals surface area contributed by atoms with Crippen LogP contribution in [0, 0.1) is 10.1 Å². The van der Waals surface area contributed by atoms with Crippen LogP contribution in [0.2, 0.25) is 0 Å². The third kappa shape index (κ3) is 6.07. The summed E-state index contributed by atoms with van der Waals surface area (Å²) in [7, 11) is 0. The lowest BCUT2D eigenvalue weighted by Gasteiger charge is -2.25. The molecule has 2 aliphatic heterocycles. The number of rotatable bonds is 7. The molecule has 10 heteroatoms. The molecule has 0 saturated carbocycles. The van der Waals surface area contributed by atoms with Crippen molar-refractivity contribution in [3.8, 4) is 28.7 Å². The van der Waals surface area contributed by atoms with Gasteiger partial charge in [0.2, 0.25) is 0 Å². The third-order valence-corrected chi connectivity index (χ3v) is 8.89. The molecule has 0 unspecified atom stereocenters. The molecule has 2 heterocycles. The van der Waals surface area contributed by atoms with Crippen LogP contribution in [0.3, 0.4) is 0 Å². The molecule has 8 rings (SSSR count). The van der Waals surface area contributed by atoms with E-state index in [-0.39, 0.29) is 25.5 Å². The molecule has 0 atom stereocenters. The van der Waals surface area contributed by atoms with Gasteiger partial charge in [-0.25, -0.2) is 4.79 Å². The van der Waals surface area contributed by atoms with Crippen LogP contribution >= 0.6 is 0 Å². The fraction of sp³-hybridized carbons (Fsp3) is 0.175. The van der Waals surface area contributed by atoms with Crippen LogP contribution in [0.4, 0.5) is 5.69 Å². The number of hydrogen-bond acceptors (Lipinski definition) is 9. The number of ether oxygens (including phenoxy) is 6. The summed E-state index contributed by atoms with van der Waals surface area (Å²) in [5.74, 6) is 2.47. The molecule has 0 fully saturated rings. The average molecular weight is 670 g/mol. The van der Waals surface area contributed by atoms with Crippen molar-refractivity contribution in [2.24, 2.45) is 0 Å². The van der Waals surface area contributed by atoms with Gasteiger partial charge >= 0.3 is 5.97 Å². The monoisotopic (exact) mass is 669 g/mol. The predicted molar refractivity (Wildman–Crippen MR) is 185 cm³/mol. The maximum atomic E-state index is 12.8. The van der Waals surface area contributed by atoms with Gasteiger partial charge in [-0.2, -0.15) is 0 Å². The Bertz CT molecular complexity index is 2270. The summed E-state index contributed by atoms with van der Waals surface area (Å²) in [6.45, 7) is 1.78. The van der Waals surface area contributed by atoms with Gasteiger partial charge < -0.3 is 28.4 Å². The second-order valence-electron chi connectivity index (χ2n) is 12.0. The van der Waals surface area contributed by atoms with E-state index in [4.69, 9.17) is 28.4 Å². The van der Waals surface area contributed by atoms with Gasteiger partial charge in [-0.15, -0.1) is 0 Å². The zero-order valence-corrected chi connectivity index (χ0v) is 26.9. The fourth-order valence-corrected chi connectivity index (χ4v) is 6.33. The summed E-state index contributed by atoms with van der Waals surface area (Å²) in [6, 6.07) is 31.5. The van der Waals surface area contributed by atoms with Gasteiger partial charge in [0.15, 0.2) is 23.0 Å². The molecular formula is C40H31NO9. The van der Waals surface area contributed by atoms with Crippen LogP contribution in [-0.4, -0.2) is 24.1 Å². The zero-order chi connectivity index (χ0) is 34.0. The Morgan fingerprint density at radius 3 is 1.74 bits per heavy atom. The Labute approximate surface area is 286 Å². The van der Waals surface area contributed by atoms with E-state index in [1.807, 2.05) is 24.3 Å². The van der Waals surface area contributed by atoms with E-state index >= 15 is 0 Å². The minimum Gasteiger partial charge on any atom is -0.493 e. The number of fused-ring (bicyclic) bond motifs is 9. The maximum Gasteiger partial charge on any atom is 0.338 e. The first kappa shape index (κ1) is 31.0. The van der Waals surface area contributed by atoms with Crippen LogP contribution < -0.4 is 23.7 Å². The lowest BCUT2D eigenvalue weighted by atomic mass is 9.97. The molecule has 0 radical (unpaired) electrons. The molecule has 0 spiro atoms. The molecule has 250 valence electrons. The summed E-state index contributed by atoms with van der Waals surface area (Å²) < 4.78 is 36.5. The summed E-state index contributed by atoms with van der Waals surface area (Å²) in [5.41, 5.74) is 4.31. The van der Waals surface area contributed by atoms with Crippen LogP contribution in [-0.2, 0) is 31.2 Å². The predicted octanol–water partition coefficient (Wildman–Crippen LogP) is 8.47. The number of benzene rings is 6. The smallest absolute Gasteiger partial charge is 0.338 e. The largest absolute Gasteiger partial charge is 0.493 e. The van der Waals surface area contributed by atoms with Crippen molar-refractivity contribution in [1.29, 1.82) is 0 Å². The Hall–Kier alpha value is -6.29. The van der Waals surface area contributed by atoms with Crippen molar-refractivity contribution in [2.45, 2.75) is 32.8 Å². The first-order chi connectivity index (χ1) is 24.5. The highest BCUT2D eigenvalue weighted by Gasteiger charge is 2.23. The first-order valence-electron chi connectivity index (χ1n) is 16.3. The normalized spacial score (nSPS) is 13.2. The molecule has 6 aromatic rings. The van der Waals surface area contributed by atoms with E-state index in [1.54, 1.807) is 18.2 Å². The Balaban J connectivity index is 0.932. The summed E-state index contributed by atoms with van der Waals surface area (Å²) in [4.78, 5) is 23.2. The molecule has 0 amide bonds. The molecular weight excluding hydrogens is 638 g/mol. The minimum atomic E-state index is -0.492. The zero-order valence-electron chi connectivity index (χ0n) is 26.9. The number of hydrogen-bond donors (Lipinski definition) is 0. The van der Waals surface area contributed by atoms with E-state index in [9.17, 15) is 14.9 Å². The van der Waals surface area contributed by atoms with Crippen molar-refractivity contribution >= 4 is 33.2 Å². The number of carbonyl (C=O) groups excluding carboxylic acids is 1. The number of nitro benzene ring substituents is 1. The number of esters is 1.